The van der Waals surface area contributed by atoms with Crippen LogP contribution in [-0.2, 0) is 4.79 Å². The van der Waals surface area contributed by atoms with Gasteiger partial charge in [0.25, 0.3) is 5.91 Å². The normalized spacial score (nSPS) is 14.5. The Morgan fingerprint density at radius 3 is 2.46 bits per heavy atom. The molecule has 2 amide bonds. The maximum Gasteiger partial charge on any atom is 0.254 e. The molecule has 5 nitrogen and oxygen atoms in total. The van der Waals surface area contributed by atoms with Crippen LogP contribution in [0.5, 0.6) is 5.75 Å². The molecule has 0 aliphatic carbocycles. The maximum absolute atomic E-state index is 12.7. The molecule has 0 bridgehead atoms. The summed E-state index contributed by atoms with van der Waals surface area (Å²) in [6.45, 7) is 5.82. The zero-order chi connectivity index (χ0) is 18.5. The highest BCUT2D eigenvalue weighted by Gasteiger charge is 2.29. The van der Waals surface area contributed by atoms with Crippen molar-refractivity contribution in [3.8, 4) is 5.75 Å². The van der Waals surface area contributed by atoms with Gasteiger partial charge in [0, 0.05) is 24.3 Å². The quantitative estimate of drug-likeness (QED) is 0.830. The molecule has 0 N–H and O–H groups in total. The van der Waals surface area contributed by atoms with Crippen LogP contribution in [0.15, 0.2) is 48.5 Å². The van der Waals surface area contributed by atoms with Gasteiger partial charge in [0.05, 0.1) is 6.61 Å². The van der Waals surface area contributed by atoms with Gasteiger partial charge in [-0.3, -0.25) is 9.59 Å². The fraction of sp³-hybridized carbons (Fsp3) is 0.333. The van der Waals surface area contributed by atoms with E-state index in [1.54, 1.807) is 34.1 Å². The van der Waals surface area contributed by atoms with Crippen LogP contribution in [0.1, 0.15) is 29.3 Å². The first-order valence-electron chi connectivity index (χ1n) is 8.98. The van der Waals surface area contributed by atoms with Gasteiger partial charge in [-0.05, 0) is 49.2 Å². The molecule has 2 aromatic carbocycles. The van der Waals surface area contributed by atoms with E-state index in [1.807, 2.05) is 38.1 Å². The van der Waals surface area contributed by atoms with Crippen LogP contribution >= 0.6 is 0 Å². The van der Waals surface area contributed by atoms with Crippen molar-refractivity contribution >= 4 is 17.5 Å². The summed E-state index contributed by atoms with van der Waals surface area (Å²) >= 11 is 0. The fourth-order valence-corrected chi connectivity index (χ4v) is 3.06. The van der Waals surface area contributed by atoms with E-state index >= 15 is 0 Å². The minimum Gasteiger partial charge on any atom is -0.494 e. The molecular weight excluding hydrogens is 328 g/mol. The summed E-state index contributed by atoms with van der Waals surface area (Å²) in [7, 11) is 0. The maximum atomic E-state index is 12.7. The first kappa shape index (κ1) is 18.0. The Morgan fingerprint density at radius 1 is 1.08 bits per heavy atom. The number of nitrogens with zero attached hydrogens (tertiary/aromatic N) is 2. The minimum absolute atomic E-state index is 0.0539. The second kappa shape index (κ2) is 8.04. The lowest BCUT2D eigenvalue weighted by molar-refractivity contribution is -0.120. The monoisotopic (exact) mass is 352 g/mol. The highest BCUT2D eigenvalue weighted by atomic mass is 16.5. The molecule has 0 unspecified atom stereocenters. The Bertz CT molecular complexity index is 786. The molecule has 26 heavy (non-hydrogen) atoms. The van der Waals surface area contributed by atoms with E-state index in [1.165, 1.54) is 0 Å². The van der Waals surface area contributed by atoms with E-state index in [-0.39, 0.29) is 18.4 Å². The van der Waals surface area contributed by atoms with E-state index < -0.39 is 0 Å². The number of ether oxygens (including phenoxy) is 1. The van der Waals surface area contributed by atoms with Crippen LogP contribution in [0.2, 0.25) is 0 Å². The van der Waals surface area contributed by atoms with Crippen molar-refractivity contribution in [3.63, 3.8) is 0 Å². The summed E-state index contributed by atoms with van der Waals surface area (Å²) in [5.74, 6) is 0.579. The van der Waals surface area contributed by atoms with E-state index in [4.69, 9.17) is 4.74 Å². The molecule has 1 aliphatic heterocycles. The molecule has 0 saturated carbocycles. The molecule has 1 saturated heterocycles. The Labute approximate surface area is 154 Å². The van der Waals surface area contributed by atoms with Crippen LogP contribution < -0.4 is 9.64 Å². The molecule has 1 heterocycles. The number of benzene rings is 2. The third kappa shape index (κ3) is 3.87. The third-order valence-corrected chi connectivity index (χ3v) is 4.49. The summed E-state index contributed by atoms with van der Waals surface area (Å²) in [6, 6.07) is 14.9. The van der Waals surface area contributed by atoms with Crippen LogP contribution in [-0.4, -0.2) is 43.0 Å². The van der Waals surface area contributed by atoms with Crippen molar-refractivity contribution in [2.24, 2.45) is 0 Å². The summed E-state index contributed by atoms with van der Waals surface area (Å²) < 4.78 is 5.54. The Hall–Kier alpha value is -2.82. The number of carbonyl (C=O) groups is 2. The summed E-state index contributed by atoms with van der Waals surface area (Å²) in [5, 5.41) is 0. The number of hydrogen-bond donors (Lipinski definition) is 0. The summed E-state index contributed by atoms with van der Waals surface area (Å²) in [6.07, 6.45) is 0.938. The molecule has 3 rings (SSSR count). The predicted molar refractivity (Wildman–Crippen MR) is 102 cm³/mol. The van der Waals surface area contributed by atoms with E-state index in [0.717, 1.165) is 23.4 Å². The third-order valence-electron chi connectivity index (χ3n) is 4.49. The van der Waals surface area contributed by atoms with Gasteiger partial charge in [-0.1, -0.05) is 25.1 Å². The molecule has 2 aromatic rings. The van der Waals surface area contributed by atoms with Gasteiger partial charge in [0.15, 0.2) is 0 Å². The molecule has 0 spiro atoms. The topological polar surface area (TPSA) is 49.9 Å². The smallest absolute Gasteiger partial charge is 0.254 e. The van der Waals surface area contributed by atoms with Gasteiger partial charge in [-0.15, -0.1) is 0 Å². The Morgan fingerprint density at radius 2 is 1.81 bits per heavy atom. The van der Waals surface area contributed by atoms with Crippen molar-refractivity contribution in [2.75, 3.05) is 31.1 Å². The molecule has 136 valence electrons. The van der Waals surface area contributed by atoms with Crippen molar-refractivity contribution < 1.29 is 14.3 Å². The highest BCUT2D eigenvalue weighted by molar-refractivity contribution is 6.02. The Kier molecular flexibility index (Phi) is 5.56. The largest absolute Gasteiger partial charge is 0.494 e. The van der Waals surface area contributed by atoms with Crippen molar-refractivity contribution in [1.29, 1.82) is 0 Å². The lowest BCUT2D eigenvalue weighted by Gasteiger charge is -2.35. The van der Waals surface area contributed by atoms with Crippen molar-refractivity contribution in [3.05, 3.63) is 59.7 Å². The van der Waals surface area contributed by atoms with Crippen LogP contribution in [0.3, 0.4) is 0 Å². The fourth-order valence-electron chi connectivity index (χ4n) is 3.06. The average molecular weight is 352 g/mol. The molecule has 0 atom stereocenters. The molecule has 1 aliphatic rings. The first-order valence-corrected chi connectivity index (χ1v) is 8.98. The number of para-hydroxylation sites is 1. The van der Waals surface area contributed by atoms with Gasteiger partial charge in [0.2, 0.25) is 5.91 Å². The van der Waals surface area contributed by atoms with Gasteiger partial charge in [0.1, 0.15) is 12.3 Å². The SMILES string of the molecule is CCCOc1ccc(C(=O)N2CCN(c3ccccc3C)C(=O)C2)cc1. The number of anilines is 1. The van der Waals surface area contributed by atoms with Crippen molar-refractivity contribution in [1.82, 2.24) is 4.90 Å². The second-order valence-corrected chi connectivity index (χ2v) is 6.43. The number of aryl methyl sites for hydroxylation is 1. The first-order chi connectivity index (χ1) is 12.6. The lowest BCUT2D eigenvalue weighted by atomic mass is 10.1. The zero-order valence-electron chi connectivity index (χ0n) is 15.3. The van der Waals surface area contributed by atoms with Gasteiger partial charge >= 0.3 is 0 Å². The zero-order valence-corrected chi connectivity index (χ0v) is 15.3. The molecular formula is C21H24N2O3. The highest BCUT2D eigenvalue weighted by Crippen LogP contribution is 2.22. The molecule has 1 fully saturated rings. The van der Waals surface area contributed by atoms with Gasteiger partial charge < -0.3 is 14.5 Å². The molecule has 0 radical (unpaired) electrons. The summed E-state index contributed by atoms with van der Waals surface area (Å²) in [4.78, 5) is 28.6. The summed E-state index contributed by atoms with van der Waals surface area (Å²) in [5.41, 5.74) is 2.55. The molecule has 5 heteroatoms. The number of hydrogen-bond acceptors (Lipinski definition) is 3. The van der Waals surface area contributed by atoms with E-state index in [2.05, 4.69) is 0 Å². The number of piperazine rings is 1. The second-order valence-electron chi connectivity index (χ2n) is 6.43. The van der Waals surface area contributed by atoms with Gasteiger partial charge in [-0.2, -0.15) is 0 Å². The van der Waals surface area contributed by atoms with E-state index in [0.29, 0.717) is 25.3 Å². The van der Waals surface area contributed by atoms with Crippen LogP contribution in [0.4, 0.5) is 5.69 Å². The van der Waals surface area contributed by atoms with Gasteiger partial charge in [-0.25, -0.2) is 0 Å². The Balaban J connectivity index is 1.66. The van der Waals surface area contributed by atoms with Crippen LogP contribution in [0.25, 0.3) is 0 Å². The number of rotatable bonds is 5. The van der Waals surface area contributed by atoms with Crippen molar-refractivity contribution in [2.45, 2.75) is 20.3 Å². The predicted octanol–water partition coefficient (Wildman–Crippen LogP) is 3.27. The number of amides is 2. The standard InChI is InChI=1S/C21H24N2O3/c1-3-14-26-18-10-8-17(9-11-18)21(25)22-12-13-23(20(24)15-22)19-7-5-4-6-16(19)2/h4-11H,3,12-15H2,1-2H3. The lowest BCUT2D eigenvalue weighted by Crippen LogP contribution is -2.52. The average Bonchev–Trinajstić information content (AvgIpc) is 2.67. The molecule has 0 aromatic heterocycles. The minimum atomic E-state index is -0.121. The number of carbonyl (C=O) groups excluding carboxylic acids is 2. The van der Waals surface area contributed by atoms with Crippen LogP contribution in [0, 0.1) is 6.92 Å². The van der Waals surface area contributed by atoms with E-state index in [9.17, 15) is 9.59 Å².